The van der Waals surface area contributed by atoms with Crippen LogP contribution in [0.3, 0.4) is 0 Å². The Morgan fingerprint density at radius 2 is 1.29 bits per heavy atom. The molecule has 0 aromatic rings. The van der Waals surface area contributed by atoms with E-state index >= 15 is 0 Å². The van der Waals surface area contributed by atoms with Crippen molar-refractivity contribution in [2.24, 2.45) is 11.8 Å². The summed E-state index contributed by atoms with van der Waals surface area (Å²) in [6, 6.07) is 4.23. The first-order chi connectivity index (χ1) is 6.30. The number of nitrogens with zero attached hydrogens (tertiary/aromatic N) is 3. The van der Waals surface area contributed by atoms with Crippen molar-refractivity contribution in [1.29, 1.82) is 10.5 Å². The Labute approximate surface area is 84.3 Å². The van der Waals surface area contributed by atoms with E-state index in [0.717, 1.165) is 5.06 Å². The van der Waals surface area contributed by atoms with E-state index in [1.807, 2.05) is 0 Å². The van der Waals surface area contributed by atoms with Crippen LogP contribution in [0.25, 0.3) is 0 Å². The van der Waals surface area contributed by atoms with Crippen molar-refractivity contribution in [2.45, 2.75) is 38.8 Å². The molecule has 0 aliphatic carbocycles. The van der Waals surface area contributed by atoms with Gasteiger partial charge < -0.3 is 5.21 Å². The van der Waals surface area contributed by atoms with Crippen molar-refractivity contribution in [2.75, 3.05) is 0 Å². The fraction of sp³-hybridized carbons (Fsp3) is 0.800. The molecule has 0 unspecified atom stereocenters. The van der Waals surface area contributed by atoms with Crippen molar-refractivity contribution in [3.05, 3.63) is 0 Å². The lowest BCUT2D eigenvalue weighted by Crippen LogP contribution is -2.47. The van der Waals surface area contributed by atoms with E-state index in [-0.39, 0.29) is 0 Å². The maximum Gasteiger partial charge on any atom is 0.0841 e. The molecule has 0 radical (unpaired) electrons. The summed E-state index contributed by atoms with van der Waals surface area (Å²) in [6.45, 7) is 7.11. The zero-order valence-corrected chi connectivity index (χ0v) is 8.94. The first-order valence-corrected chi connectivity index (χ1v) is 4.58. The molecule has 1 N–H and O–H groups in total. The van der Waals surface area contributed by atoms with Crippen LogP contribution in [-0.4, -0.2) is 21.3 Å². The molecule has 4 nitrogen and oxygen atoms in total. The van der Waals surface area contributed by atoms with Gasteiger partial charge in [-0.2, -0.15) is 15.6 Å². The third-order valence-electron chi connectivity index (χ3n) is 3.23. The van der Waals surface area contributed by atoms with Gasteiger partial charge >= 0.3 is 0 Å². The van der Waals surface area contributed by atoms with E-state index < -0.39 is 22.9 Å². The Balaban J connectivity index is 3.24. The van der Waals surface area contributed by atoms with E-state index in [9.17, 15) is 5.21 Å². The van der Waals surface area contributed by atoms with Crippen LogP contribution in [0, 0.1) is 34.5 Å². The first-order valence-electron chi connectivity index (χ1n) is 4.58. The summed E-state index contributed by atoms with van der Waals surface area (Å²) in [5.74, 6) is -0.931. The number of hydrogen-bond donors (Lipinski definition) is 1. The molecule has 0 bridgehead atoms. The number of hydroxylamine groups is 2. The SMILES string of the molecule is CC1(C)[C@H](C#N)[C@@H](C#N)C(C)(C)N1O. The fourth-order valence-electron chi connectivity index (χ4n) is 2.29. The summed E-state index contributed by atoms with van der Waals surface area (Å²) >= 11 is 0. The molecule has 0 spiro atoms. The van der Waals surface area contributed by atoms with Crippen LogP contribution in [0.4, 0.5) is 0 Å². The first kappa shape index (κ1) is 11.0. The Morgan fingerprint density at radius 1 is 1.00 bits per heavy atom. The standard InChI is InChI=1S/C10H15N3O/c1-9(2)7(5-11)8(6-12)10(3,4)13(9)14/h7-8,14H,1-4H3/t7-,8-/m1/s1. The van der Waals surface area contributed by atoms with Gasteiger partial charge in [-0.3, -0.25) is 0 Å². The zero-order valence-electron chi connectivity index (χ0n) is 8.94. The summed E-state index contributed by atoms with van der Waals surface area (Å²) < 4.78 is 0. The Kier molecular flexibility index (Phi) is 2.31. The van der Waals surface area contributed by atoms with Gasteiger partial charge in [0, 0.05) is 0 Å². The second-order valence-electron chi connectivity index (χ2n) is 4.83. The second-order valence-corrected chi connectivity index (χ2v) is 4.83. The minimum absolute atomic E-state index is 0.465. The third kappa shape index (κ3) is 1.12. The molecule has 14 heavy (non-hydrogen) atoms. The van der Waals surface area contributed by atoms with Gasteiger partial charge in [-0.25, -0.2) is 0 Å². The summed E-state index contributed by atoms with van der Waals surface area (Å²) in [6.07, 6.45) is 0. The molecule has 2 atom stereocenters. The molecule has 1 heterocycles. The predicted octanol–water partition coefficient (Wildman–Crippen LogP) is 1.53. The molecule has 4 heteroatoms. The van der Waals surface area contributed by atoms with Gasteiger partial charge in [-0.1, -0.05) is 0 Å². The summed E-state index contributed by atoms with van der Waals surface area (Å²) in [5, 5.41) is 29.1. The molecule has 1 rings (SSSR count). The smallest absolute Gasteiger partial charge is 0.0841 e. The summed E-state index contributed by atoms with van der Waals surface area (Å²) in [4.78, 5) is 0. The molecule has 0 saturated carbocycles. The second kappa shape index (κ2) is 2.95. The maximum atomic E-state index is 9.92. The van der Waals surface area contributed by atoms with Gasteiger partial charge in [0.1, 0.15) is 0 Å². The highest BCUT2D eigenvalue weighted by molar-refractivity contribution is 5.20. The van der Waals surface area contributed by atoms with Crippen LogP contribution in [0.15, 0.2) is 0 Å². The van der Waals surface area contributed by atoms with Crippen molar-refractivity contribution in [3.8, 4) is 12.1 Å². The van der Waals surface area contributed by atoms with Crippen LogP contribution >= 0.6 is 0 Å². The highest BCUT2D eigenvalue weighted by atomic mass is 16.5. The predicted molar refractivity (Wildman–Crippen MR) is 50.0 cm³/mol. The Bertz CT molecular complexity index is 289. The van der Waals surface area contributed by atoms with Gasteiger partial charge in [0.2, 0.25) is 0 Å². The van der Waals surface area contributed by atoms with Crippen molar-refractivity contribution < 1.29 is 5.21 Å². The van der Waals surface area contributed by atoms with Crippen LogP contribution in [0.2, 0.25) is 0 Å². The van der Waals surface area contributed by atoms with E-state index in [1.54, 1.807) is 27.7 Å². The van der Waals surface area contributed by atoms with E-state index in [4.69, 9.17) is 10.5 Å². The number of nitriles is 2. The lowest BCUT2D eigenvalue weighted by molar-refractivity contribution is -0.197. The highest BCUT2D eigenvalue weighted by Gasteiger charge is 2.59. The third-order valence-corrected chi connectivity index (χ3v) is 3.23. The lowest BCUT2D eigenvalue weighted by Gasteiger charge is -2.34. The largest absolute Gasteiger partial charge is 0.313 e. The summed E-state index contributed by atoms with van der Waals surface area (Å²) in [5.41, 5.74) is -1.34. The average Bonchev–Trinajstić information content (AvgIpc) is 2.22. The summed E-state index contributed by atoms with van der Waals surface area (Å²) in [7, 11) is 0. The lowest BCUT2D eigenvalue weighted by atomic mass is 9.79. The van der Waals surface area contributed by atoms with Crippen molar-refractivity contribution >= 4 is 0 Å². The van der Waals surface area contributed by atoms with Crippen LogP contribution < -0.4 is 0 Å². The van der Waals surface area contributed by atoms with Crippen LogP contribution in [0.5, 0.6) is 0 Å². The molecule has 1 aliphatic rings. The van der Waals surface area contributed by atoms with Gasteiger partial charge in [-0.15, -0.1) is 0 Å². The molecule has 1 aliphatic heterocycles. The van der Waals surface area contributed by atoms with Crippen LogP contribution in [-0.2, 0) is 0 Å². The maximum absolute atomic E-state index is 9.92. The van der Waals surface area contributed by atoms with Crippen LogP contribution in [0.1, 0.15) is 27.7 Å². The van der Waals surface area contributed by atoms with E-state index in [2.05, 4.69) is 12.1 Å². The molecule has 0 aromatic heterocycles. The average molecular weight is 193 g/mol. The molecule has 0 amide bonds. The molecule has 1 fully saturated rings. The molecular formula is C10H15N3O. The minimum Gasteiger partial charge on any atom is -0.313 e. The van der Waals surface area contributed by atoms with Crippen molar-refractivity contribution in [1.82, 2.24) is 5.06 Å². The van der Waals surface area contributed by atoms with Gasteiger partial charge in [0.25, 0.3) is 0 Å². The monoisotopic (exact) mass is 193 g/mol. The van der Waals surface area contributed by atoms with E-state index in [1.165, 1.54) is 0 Å². The normalized spacial score (nSPS) is 34.8. The number of rotatable bonds is 0. The molecule has 1 saturated heterocycles. The topological polar surface area (TPSA) is 71.0 Å². The fourth-order valence-corrected chi connectivity index (χ4v) is 2.29. The highest BCUT2D eigenvalue weighted by Crippen LogP contribution is 2.47. The molecule has 0 aromatic carbocycles. The molecule has 76 valence electrons. The van der Waals surface area contributed by atoms with Gasteiger partial charge in [0.15, 0.2) is 0 Å². The number of hydrogen-bond acceptors (Lipinski definition) is 4. The van der Waals surface area contributed by atoms with Crippen molar-refractivity contribution in [3.63, 3.8) is 0 Å². The zero-order chi connectivity index (χ0) is 11.1. The minimum atomic E-state index is -0.668. The molecular weight excluding hydrogens is 178 g/mol. The van der Waals surface area contributed by atoms with Gasteiger partial charge in [-0.05, 0) is 27.7 Å². The quantitative estimate of drug-likeness (QED) is 0.633. The van der Waals surface area contributed by atoms with E-state index in [0.29, 0.717) is 0 Å². The Morgan fingerprint density at radius 3 is 1.50 bits per heavy atom. The van der Waals surface area contributed by atoms with Gasteiger partial charge in [0.05, 0.1) is 35.1 Å². The Hall–Kier alpha value is -1.10.